The smallest absolute Gasteiger partial charge is 0.129 e. The van der Waals surface area contributed by atoms with Crippen LogP contribution in [0.1, 0.15) is 31.2 Å². The number of hydrogen-bond donors (Lipinski definition) is 0. The molecule has 1 aliphatic carbocycles. The van der Waals surface area contributed by atoms with Gasteiger partial charge in [-0.2, -0.15) is 0 Å². The third kappa shape index (κ3) is 1.90. The molecule has 1 aromatic rings. The summed E-state index contributed by atoms with van der Waals surface area (Å²) in [5.74, 6) is 0.0146. The average Bonchev–Trinajstić information content (AvgIpc) is 2.67. The van der Waals surface area contributed by atoms with Crippen LogP contribution in [0.25, 0.3) is 0 Å². The highest BCUT2D eigenvalue weighted by Gasteiger charge is 2.40. The van der Waals surface area contributed by atoms with Crippen LogP contribution in [0.2, 0.25) is 0 Å². The van der Waals surface area contributed by atoms with Gasteiger partial charge in [0, 0.05) is 12.0 Å². The van der Waals surface area contributed by atoms with E-state index in [1.165, 1.54) is 6.07 Å². The van der Waals surface area contributed by atoms with E-state index in [9.17, 15) is 8.78 Å². The zero-order chi connectivity index (χ0) is 12.7. The van der Waals surface area contributed by atoms with Crippen molar-refractivity contribution in [2.75, 3.05) is 6.54 Å². The standard InChI is InChI=1S/C14H15F2NO/c1-9-6-7-17(18-9)14-5-4-12(14)11-3-2-10(15)8-13(11)16/h2-3,6,8,12,14H,4-5,7H2,1H3/t12-,14-/m0/s1. The van der Waals surface area contributed by atoms with Gasteiger partial charge in [0.05, 0.1) is 12.6 Å². The summed E-state index contributed by atoms with van der Waals surface area (Å²) >= 11 is 0. The Balaban J connectivity index is 1.77. The molecule has 1 heterocycles. The van der Waals surface area contributed by atoms with Gasteiger partial charge in [0.15, 0.2) is 0 Å². The van der Waals surface area contributed by atoms with Crippen molar-refractivity contribution < 1.29 is 13.6 Å². The van der Waals surface area contributed by atoms with Crippen molar-refractivity contribution in [1.82, 2.24) is 5.06 Å². The predicted octanol–water partition coefficient (Wildman–Crippen LogP) is 3.36. The second kappa shape index (κ2) is 4.35. The molecule has 2 aliphatic rings. The lowest BCUT2D eigenvalue weighted by Crippen LogP contribution is -2.44. The molecule has 18 heavy (non-hydrogen) atoms. The van der Waals surface area contributed by atoms with E-state index in [-0.39, 0.29) is 12.0 Å². The lowest BCUT2D eigenvalue weighted by atomic mass is 9.74. The second-order valence-electron chi connectivity index (χ2n) is 4.92. The first-order chi connectivity index (χ1) is 8.65. The molecule has 3 rings (SSSR count). The van der Waals surface area contributed by atoms with E-state index in [1.54, 1.807) is 6.07 Å². The number of halogens is 2. The fourth-order valence-electron chi connectivity index (χ4n) is 2.67. The van der Waals surface area contributed by atoms with Crippen LogP contribution in [-0.2, 0) is 4.84 Å². The normalized spacial score (nSPS) is 27.6. The highest BCUT2D eigenvalue weighted by atomic mass is 19.1. The SMILES string of the molecule is CC1=CCN([C@H]2CC[C@H]2c2ccc(F)cc2F)O1. The Kier molecular flexibility index (Phi) is 2.82. The maximum atomic E-state index is 13.7. The zero-order valence-corrected chi connectivity index (χ0v) is 10.2. The maximum absolute atomic E-state index is 13.7. The highest BCUT2D eigenvalue weighted by molar-refractivity contribution is 5.27. The fraction of sp³-hybridized carbons (Fsp3) is 0.429. The molecule has 4 heteroatoms. The molecule has 0 saturated heterocycles. The number of benzene rings is 1. The van der Waals surface area contributed by atoms with Crippen LogP contribution in [0.5, 0.6) is 0 Å². The molecule has 1 aliphatic heterocycles. The first-order valence-electron chi connectivity index (χ1n) is 6.21. The first kappa shape index (κ1) is 11.7. The van der Waals surface area contributed by atoms with Crippen LogP contribution >= 0.6 is 0 Å². The molecule has 0 spiro atoms. The minimum atomic E-state index is -0.526. The number of hydrogen-bond acceptors (Lipinski definition) is 2. The number of allylic oxidation sites excluding steroid dienone is 1. The molecule has 2 atom stereocenters. The molecule has 0 bridgehead atoms. The predicted molar refractivity (Wildman–Crippen MR) is 63.7 cm³/mol. The summed E-state index contributed by atoms with van der Waals surface area (Å²) in [6.07, 6.45) is 3.92. The first-order valence-corrected chi connectivity index (χ1v) is 6.21. The summed E-state index contributed by atoms with van der Waals surface area (Å²) < 4.78 is 26.6. The molecular formula is C14H15F2NO. The van der Waals surface area contributed by atoms with Crippen LogP contribution in [0.4, 0.5) is 8.78 Å². The Hall–Kier alpha value is -1.42. The minimum Gasteiger partial charge on any atom is -0.410 e. The molecular weight excluding hydrogens is 236 g/mol. The molecule has 1 aromatic carbocycles. The van der Waals surface area contributed by atoms with Gasteiger partial charge in [-0.3, -0.25) is 0 Å². The lowest BCUT2D eigenvalue weighted by Gasteiger charge is -2.41. The largest absolute Gasteiger partial charge is 0.410 e. The fourth-order valence-corrected chi connectivity index (χ4v) is 2.67. The molecule has 1 fully saturated rings. The number of rotatable bonds is 2. The molecule has 1 saturated carbocycles. The van der Waals surface area contributed by atoms with Crippen molar-refractivity contribution >= 4 is 0 Å². The van der Waals surface area contributed by atoms with Gasteiger partial charge in [-0.25, -0.2) is 8.78 Å². The van der Waals surface area contributed by atoms with Crippen LogP contribution in [0.15, 0.2) is 30.0 Å². The van der Waals surface area contributed by atoms with Gasteiger partial charge in [0.1, 0.15) is 17.4 Å². The van der Waals surface area contributed by atoms with Gasteiger partial charge in [0.2, 0.25) is 0 Å². The maximum Gasteiger partial charge on any atom is 0.129 e. The molecule has 96 valence electrons. The van der Waals surface area contributed by atoms with Crippen molar-refractivity contribution in [2.45, 2.75) is 31.7 Å². The van der Waals surface area contributed by atoms with E-state index in [4.69, 9.17) is 4.84 Å². The monoisotopic (exact) mass is 251 g/mol. The van der Waals surface area contributed by atoms with Crippen LogP contribution in [0.3, 0.4) is 0 Å². The summed E-state index contributed by atoms with van der Waals surface area (Å²) in [5, 5.41) is 1.90. The Morgan fingerprint density at radius 1 is 1.28 bits per heavy atom. The quantitative estimate of drug-likeness (QED) is 0.799. The molecule has 2 nitrogen and oxygen atoms in total. The van der Waals surface area contributed by atoms with E-state index in [0.717, 1.165) is 31.2 Å². The van der Waals surface area contributed by atoms with Crippen molar-refractivity contribution in [2.24, 2.45) is 0 Å². The molecule has 0 N–H and O–H groups in total. The van der Waals surface area contributed by atoms with Crippen molar-refractivity contribution in [3.63, 3.8) is 0 Å². The molecule has 0 aromatic heterocycles. The van der Waals surface area contributed by atoms with Crippen LogP contribution < -0.4 is 0 Å². The zero-order valence-electron chi connectivity index (χ0n) is 10.2. The van der Waals surface area contributed by atoms with Gasteiger partial charge in [-0.1, -0.05) is 6.07 Å². The highest BCUT2D eigenvalue weighted by Crippen LogP contribution is 2.42. The summed E-state index contributed by atoms with van der Waals surface area (Å²) in [6, 6.07) is 4.03. The van der Waals surface area contributed by atoms with Gasteiger partial charge in [-0.15, -0.1) is 5.06 Å². The van der Waals surface area contributed by atoms with Crippen LogP contribution in [-0.4, -0.2) is 17.6 Å². The Morgan fingerprint density at radius 2 is 2.11 bits per heavy atom. The summed E-state index contributed by atoms with van der Waals surface area (Å²) in [6.45, 7) is 2.65. The summed E-state index contributed by atoms with van der Waals surface area (Å²) in [5.41, 5.74) is 0.598. The third-order valence-corrected chi connectivity index (χ3v) is 3.79. The summed E-state index contributed by atoms with van der Waals surface area (Å²) in [4.78, 5) is 5.58. The Morgan fingerprint density at radius 3 is 2.67 bits per heavy atom. The number of nitrogens with zero attached hydrogens (tertiary/aromatic N) is 1. The van der Waals surface area contributed by atoms with E-state index in [1.807, 2.05) is 18.1 Å². The topological polar surface area (TPSA) is 12.5 Å². The Bertz CT molecular complexity index is 501. The molecule has 0 unspecified atom stereocenters. The van der Waals surface area contributed by atoms with Gasteiger partial charge in [-0.05, 0) is 37.5 Å². The average molecular weight is 251 g/mol. The van der Waals surface area contributed by atoms with Crippen molar-refractivity contribution in [3.8, 4) is 0 Å². The Labute approximate surface area is 105 Å². The van der Waals surface area contributed by atoms with Crippen molar-refractivity contribution in [1.29, 1.82) is 0 Å². The van der Waals surface area contributed by atoms with Gasteiger partial charge >= 0.3 is 0 Å². The third-order valence-electron chi connectivity index (χ3n) is 3.79. The van der Waals surface area contributed by atoms with Gasteiger partial charge < -0.3 is 4.84 Å². The lowest BCUT2D eigenvalue weighted by molar-refractivity contribution is -0.150. The van der Waals surface area contributed by atoms with Gasteiger partial charge in [0.25, 0.3) is 0 Å². The second-order valence-corrected chi connectivity index (χ2v) is 4.92. The van der Waals surface area contributed by atoms with E-state index in [0.29, 0.717) is 5.56 Å². The van der Waals surface area contributed by atoms with E-state index >= 15 is 0 Å². The van der Waals surface area contributed by atoms with E-state index in [2.05, 4.69) is 0 Å². The number of hydroxylamine groups is 2. The van der Waals surface area contributed by atoms with Crippen LogP contribution in [0, 0.1) is 11.6 Å². The molecule has 0 radical (unpaired) electrons. The minimum absolute atomic E-state index is 0.102. The molecule has 0 amide bonds. The van der Waals surface area contributed by atoms with E-state index < -0.39 is 11.6 Å². The van der Waals surface area contributed by atoms with Crippen molar-refractivity contribution in [3.05, 3.63) is 47.2 Å². The summed E-state index contributed by atoms with van der Waals surface area (Å²) in [7, 11) is 0.